The molecule has 1 rings (SSSR count). The molecule has 1 aromatic rings. The largest absolute Gasteiger partial charge is 0.465 e. The van der Waals surface area contributed by atoms with Gasteiger partial charge < -0.3 is 10.1 Å². The Labute approximate surface area is 135 Å². The van der Waals surface area contributed by atoms with Crippen molar-refractivity contribution in [1.82, 2.24) is 0 Å². The Morgan fingerprint density at radius 3 is 2.33 bits per heavy atom. The van der Waals surface area contributed by atoms with Crippen molar-refractivity contribution >= 4 is 34.2 Å². The number of ether oxygens (including phenoxy) is 1. The lowest BCUT2D eigenvalue weighted by atomic mass is 10.0. The molecule has 0 saturated heterocycles. The molecule has 0 radical (unpaired) electrons. The maximum absolute atomic E-state index is 13.0. The Kier molecular flexibility index (Phi) is 6.30. The predicted octanol–water partition coefficient (Wildman–Crippen LogP) is 4.70. The molecule has 0 amide bonds. The SMILES string of the molecule is CCC(CC)Nc1cc(C(=O)OC)c(C(F)(F)F)cc1I. The summed E-state index contributed by atoms with van der Waals surface area (Å²) in [7, 11) is 1.06. The first-order valence-corrected chi connectivity index (χ1v) is 7.58. The number of rotatable bonds is 5. The highest BCUT2D eigenvalue weighted by atomic mass is 127. The molecular formula is C14H17F3INO2. The number of methoxy groups -OCH3 is 1. The number of carbonyl (C=O) groups excluding carboxylic acids is 1. The number of anilines is 1. The van der Waals surface area contributed by atoms with Crippen molar-refractivity contribution in [2.75, 3.05) is 12.4 Å². The van der Waals surface area contributed by atoms with Gasteiger partial charge in [0.15, 0.2) is 0 Å². The molecule has 0 atom stereocenters. The minimum absolute atomic E-state index is 0.140. The average molecular weight is 415 g/mol. The molecule has 0 unspecified atom stereocenters. The second-order valence-corrected chi connectivity index (χ2v) is 5.69. The Bertz CT molecular complexity index is 514. The van der Waals surface area contributed by atoms with E-state index in [0.29, 0.717) is 9.26 Å². The third-order valence-electron chi connectivity index (χ3n) is 3.16. The molecule has 1 aromatic carbocycles. The Morgan fingerprint density at radius 2 is 1.90 bits per heavy atom. The molecule has 118 valence electrons. The fourth-order valence-electron chi connectivity index (χ4n) is 1.91. The first-order valence-electron chi connectivity index (χ1n) is 6.50. The van der Waals surface area contributed by atoms with Crippen LogP contribution in [-0.2, 0) is 10.9 Å². The lowest BCUT2D eigenvalue weighted by molar-refractivity contribution is -0.138. The summed E-state index contributed by atoms with van der Waals surface area (Å²) in [5.41, 5.74) is -0.939. The second-order valence-electron chi connectivity index (χ2n) is 4.52. The van der Waals surface area contributed by atoms with Crippen molar-refractivity contribution < 1.29 is 22.7 Å². The number of esters is 1. The molecule has 0 spiro atoms. The Balaban J connectivity index is 3.34. The van der Waals surface area contributed by atoms with Crippen LogP contribution in [0.2, 0.25) is 0 Å². The molecular weight excluding hydrogens is 398 g/mol. The van der Waals surface area contributed by atoms with Gasteiger partial charge in [0.05, 0.1) is 18.2 Å². The van der Waals surface area contributed by atoms with E-state index in [2.05, 4.69) is 10.1 Å². The minimum atomic E-state index is -4.60. The van der Waals surface area contributed by atoms with Crippen LogP contribution in [0, 0.1) is 3.57 Å². The van der Waals surface area contributed by atoms with Gasteiger partial charge in [-0.3, -0.25) is 0 Å². The maximum Gasteiger partial charge on any atom is 0.417 e. The van der Waals surface area contributed by atoms with Crippen LogP contribution in [0.25, 0.3) is 0 Å². The number of hydrogen-bond acceptors (Lipinski definition) is 3. The topological polar surface area (TPSA) is 38.3 Å². The van der Waals surface area contributed by atoms with E-state index in [1.165, 1.54) is 6.07 Å². The van der Waals surface area contributed by atoms with Gasteiger partial charge in [0.2, 0.25) is 0 Å². The van der Waals surface area contributed by atoms with Crippen molar-refractivity contribution in [3.63, 3.8) is 0 Å². The molecule has 21 heavy (non-hydrogen) atoms. The van der Waals surface area contributed by atoms with Gasteiger partial charge >= 0.3 is 12.1 Å². The first kappa shape index (κ1) is 18.1. The number of benzene rings is 1. The number of carbonyl (C=O) groups is 1. The normalized spacial score (nSPS) is 11.6. The zero-order valence-corrected chi connectivity index (χ0v) is 14.1. The van der Waals surface area contributed by atoms with Crippen LogP contribution in [0.5, 0.6) is 0 Å². The molecule has 0 fully saturated rings. The number of hydrogen-bond donors (Lipinski definition) is 1. The summed E-state index contributed by atoms with van der Waals surface area (Å²) >= 11 is 1.83. The summed E-state index contributed by atoms with van der Waals surface area (Å²) in [4.78, 5) is 11.6. The molecule has 0 aliphatic carbocycles. The van der Waals surface area contributed by atoms with Crippen molar-refractivity contribution in [3.8, 4) is 0 Å². The molecule has 1 N–H and O–H groups in total. The van der Waals surface area contributed by atoms with E-state index in [4.69, 9.17) is 0 Å². The highest BCUT2D eigenvalue weighted by Crippen LogP contribution is 2.36. The van der Waals surface area contributed by atoms with Gasteiger partial charge in [-0.15, -0.1) is 0 Å². The summed E-state index contributed by atoms with van der Waals surface area (Å²) < 4.78 is 43.9. The van der Waals surface area contributed by atoms with E-state index >= 15 is 0 Å². The van der Waals surface area contributed by atoms with Crippen LogP contribution in [0.15, 0.2) is 12.1 Å². The van der Waals surface area contributed by atoms with Crippen molar-refractivity contribution in [2.24, 2.45) is 0 Å². The van der Waals surface area contributed by atoms with Crippen LogP contribution in [-0.4, -0.2) is 19.1 Å². The van der Waals surface area contributed by atoms with Crippen LogP contribution >= 0.6 is 22.6 Å². The van der Waals surface area contributed by atoms with Crippen LogP contribution in [0.3, 0.4) is 0 Å². The monoisotopic (exact) mass is 415 g/mol. The van der Waals surface area contributed by atoms with Gasteiger partial charge in [0.1, 0.15) is 0 Å². The standard InChI is InChI=1S/C14H17F3INO2/c1-4-8(5-2)19-12-6-9(13(20)21-3)10(7-11(12)18)14(15,16)17/h6-8,19H,4-5H2,1-3H3. The summed E-state index contributed by atoms with van der Waals surface area (Å²) in [5.74, 6) is -0.994. The zero-order chi connectivity index (χ0) is 16.2. The Morgan fingerprint density at radius 1 is 1.33 bits per heavy atom. The highest BCUT2D eigenvalue weighted by Gasteiger charge is 2.36. The Hall–Kier alpha value is -0.990. The third kappa shape index (κ3) is 4.49. The van der Waals surface area contributed by atoms with E-state index in [1.807, 2.05) is 36.4 Å². The van der Waals surface area contributed by atoms with Crippen LogP contribution < -0.4 is 5.32 Å². The second kappa shape index (κ2) is 7.33. The van der Waals surface area contributed by atoms with Crippen molar-refractivity contribution in [2.45, 2.75) is 38.9 Å². The van der Waals surface area contributed by atoms with Crippen LogP contribution in [0.4, 0.5) is 18.9 Å². The fourth-order valence-corrected chi connectivity index (χ4v) is 2.53. The molecule has 7 heteroatoms. The van der Waals surface area contributed by atoms with Gasteiger partial charge in [-0.2, -0.15) is 13.2 Å². The van der Waals surface area contributed by atoms with Gasteiger partial charge in [0.25, 0.3) is 0 Å². The lowest BCUT2D eigenvalue weighted by Gasteiger charge is -2.20. The zero-order valence-electron chi connectivity index (χ0n) is 12.0. The van der Waals surface area contributed by atoms with E-state index < -0.39 is 23.3 Å². The van der Waals surface area contributed by atoms with Crippen LogP contribution in [0.1, 0.15) is 42.6 Å². The number of nitrogens with one attached hydrogen (secondary N) is 1. The van der Waals surface area contributed by atoms with Gasteiger partial charge in [0, 0.05) is 15.3 Å². The number of alkyl halides is 3. The molecule has 0 bridgehead atoms. The average Bonchev–Trinajstić information content (AvgIpc) is 2.43. The number of halogens is 4. The summed E-state index contributed by atoms with van der Waals surface area (Å²) in [6.07, 6.45) is -2.93. The lowest BCUT2D eigenvalue weighted by Crippen LogP contribution is -2.20. The smallest absolute Gasteiger partial charge is 0.417 e. The maximum atomic E-state index is 13.0. The molecule has 0 aliphatic rings. The highest BCUT2D eigenvalue weighted by molar-refractivity contribution is 14.1. The van der Waals surface area contributed by atoms with Gasteiger partial charge in [-0.1, -0.05) is 13.8 Å². The van der Waals surface area contributed by atoms with Crippen molar-refractivity contribution in [3.05, 3.63) is 26.8 Å². The van der Waals surface area contributed by atoms with E-state index in [0.717, 1.165) is 26.0 Å². The van der Waals surface area contributed by atoms with Gasteiger partial charge in [-0.25, -0.2) is 4.79 Å². The minimum Gasteiger partial charge on any atom is -0.465 e. The van der Waals surface area contributed by atoms with E-state index in [-0.39, 0.29) is 6.04 Å². The molecule has 0 heterocycles. The summed E-state index contributed by atoms with van der Waals surface area (Å²) in [6.45, 7) is 3.97. The fraction of sp³-hybridized carbons (Fsp3) is 0.500. The summed E-state index contributed by atoms with van der Waals surface area (Å²) in [5, 5.41) is 3.16. The third-order valence-corrected chi connectivity index (χ3v) is 4.06. The predicted molar refractivity (Wildman–Crippen MR) is 83.5 cm³/mol. The molecule has 0 aromatic heterocycles. The molecule has 3 nitrogen and oxygen atoms in total. The van der Waals surface area contributed by atoms with Gasteiger partial charge in [-0.05, 0) is 47.6 Å². The summed E-state index contributed by atoms with van der Waals surface area (Å²) in [6, 6.07) is 2.33. The molecule has 0 saturated carbocycles. The first-order chi connectivity index (χ1) is 9.74. The quantitative estimate of drug-likeness (QED) is 0.560. The van der Waals surface area contributed by atoms with Crippen molar-refractivity contribution in [1.29, 1.82) is 0 Å². The molecule has 0 aliphatic heterocycles. The van der Waals surface area contributed by atoms with E-state index in [9.17, 15) is 18.0 Å². The van der Waals surface area contributed by atoms with E-state index in [1.54, 1.807) is 0 Å².